The van der Waals surface area contributed by atoms with Gasteiger partial charge in [-0.05, 0) is 88.5 Å². The van der Waals surface area contributed by atoms with Crippen molar-refractivity contribution in [1.82, 2.24) is 10.3 Å². The fourth-order valence-electron chi connectivity index (χ4n) is 5.95. The molecule has 0 unspecified atom stereocenters. The summed E-state index contributed by atoms with van der Waals surface area (Å²) in [6, 6.07) is 46.7. The van der Waals surface area contributed by atoms with Crippen LogP contribution in [0.3, 0.4) is 0 Å². The van der Waals surface area contributed by atoms with Crippen LogP contribution in [0.25, 0.3) is 11.1 Å². The van der Waals surface area contributed by atoms with Crippen molar-refractivity contribution in [2.75, 3.05) is 11.1 Å². The number of carbonyl (C=O) groups excluding carboxylic acids is 1. The van der Waals surface area contributed by atoms with Gasteiger partial charge >= 0.3 is 6.03 Å². The first-order valence-electron chi connectivity index (χ1n) is 17.2. The Balaban J connectivity index is 0.999. The molecule has 1 aliphatic rings. The summed E-state index contributed by atoms with van der Waals surface area (Å²) in [5, 5.41) is 16.4. The van der Waals surface area contributed by atoms with Gasteiger partial charge in [-0.2, -0.15) is 0 Å². The van der Waals surface area contributed by atoms with Crippen molar-refractivity contribution < 1.29 is 24.1 Å². The number of hydrogen-bond acceptors (Lipinski definition) is 7. The molecular weight excluding hydrogens is 671 g/mol. The molecule has 0 radical (unpaired) electrons. The smallest absolute Gasteiger partial charge is 0.319 e. The largest absolute Gasteiger partial charge is 0.457 e. The molecule has 2 amide bonds. The molecule has 6 aromatic rings. The lowest BCUT2D eigenvalue weighted by atomic mass is 9.99. The Labute approximate surface area is 307 Å². The van der Waals surface area contributed by atoms with Crippen LogP contribution in [0.2, 0.25) is 0 Å². The lowest BCUT2D eigenvalue weighted by Crippen LogP contribution is -2.31. The number of urea groups is 1. The Morgan fingerprint density at radius 1 is 0.750 bits per heavy atom. The second kappa shape index (κ2) is 17.2. The maximum absolute atomic E-state index is 12.8. The van der Waals surface area contributed by atoms with Gasteiger partial charge in [0.15, 0.2) is 6.29 Å². The number of benzene rings is 5. The first kappa shape index (κ1) is 35.0. The number of anilines is 1. The number of carbonyl (C=O) groups is 1. The molecule has 3 atom stereocenters. The number of ether oxygens (including phenoxy) is 3. The summed E-state index contributed by atoms with van der Waals surface area (Å²) >= 11 is 1.67. The Morgan fingerprint density at radius 3 is 2.27 bits per heavy atom. The molecule has 5 aromatic carbocycles. The molecule has 9 heteroatoms. The third-order valence-electron chi connectivity index (χ3n) is 8.63. The number of amides is 2. The van der Waals surface area contributed by atoms with Crippen molar-refractivity contribution in [3.05, 3.63) is 174 Å². The molecule has 1 fully saturated rings. The van der Waals surface area contributed by atoms with Crippen LogP contribution in [0.5, 0.6) is 11.5 Å². The summed E-state index contributed by atoms with van der Waals surface area (Å²) in [4.78, 5) is 17.2. The SMILES string of the molecule is O=C(NCc1cccc(-c2cccc([C@@H]3O[C@H](CSc4ccccn4)C[C@H](c4ccc(CO)cc4)O3)c2)c1)Nc1ccc(Oc2ccccc2)cc1. The van der Waals surface area contributed by atoms with E-state index in [9.17, 15) is 9.90 Å². The fourth-order valence-corrected chi connectivity index (χ4v) is 6.83. The van der Waals surface area contributed by atoms with E-state index in [1.165, 1.54) is 0 Å². The minimum Gasteiger partial charge on any atom is -0.457 e. The van der Waals surface area contributed by atoms with Crippen LogP contribution in [0.1, 0.15) is 41.1 Å². The summed E-state index contributed by atoms with van der Waals surface area (Å²) in [6.07, 6.45) is 1.68. The van der Waals surface area contributed by atoms with Crippen LogP contribution < -0.4 is 15.4 Å². The van der Waals surface area contributed by atoms with E-state index in [-0.39, 0.29) is 24.8 Å². The van der Waals surface area contributed by atoms with Crippen LogP contribution in [0.15, 0.2) is 157 Å². The van der Waals surface area contributed by atoms with Crippen molar-refractivity contribution in [1.29, 1.82) is 0 Å². The minimum atomic E-state index is -0.571. The summed E-state index contributed by atoms with van der Waals surface area (Å²) < 4.78 is 19.0. The monoisotopic (exact) mass is 709 g/mol. The van der Waals surface area contributed by atoms with E-state index in [2.05, 4.69) is 39.9 Å². The van der Waals surface area contributed by atoms with Gasteiger partial charge in [-0.15, -0.1) is 11.8 Å². The average Bonchev–Trinajstić information content (AvgIpc) is 3.21. The number of aromatic nitrogens is 1. The van der Waals surface area contributed by atoms with E-state index in [4.69, 9.17) is 14.2 Å². The van der Waals surface area contributed by atoms with E-state index in [0.717, 1.165) is 49.9 Å². The number of nitrogens with zero attached hydrogens (tertiary/aromatic N) is 1. The molecule has 2 heterocycles. The molecule has 0 bridgehead atoms. The Hall–Kier alpha value is -5.45. The zero-order valence-electron chi connectivity index (χ0n) is 28.4. The number of aliphatic hydroxyl groups excluding tert-OH is 1. The molecule has 0 aliphatic carbocycles. The number of pyridine rings is 1. The van der Waals surface area contributed by atoms with Gasteiger partial charge in [-0.3, -0.25) is 0 Å². The number of aliphatic hydroxyl groups is 1. The summed E-state index contributed by atoms with van der Waals surface area (Å²) in [5.74, 6) is 2.17. The number of rotatable bonds is 12. The molecule has 3 N–H and O–H groups in total. The first-order chi connectivity index (χ1) is 25.6. The second-order valence-electron chi connectivity index (χ2n) is 12.4. The predicted octanol–water partition coefficient (Wildman–Crippen LogP) is 9.69. The molecule has 8 nitrogen and oxygen atoms in total. The number of thioether (sulfide) groups is 1. The van der Waals surface area contributed by atoms with Gasteiger partial charge in [0, 0.05) is 36.2 Å². The second-order valence-corrected chi connectivity index (χ2v) is 13.4. The predicted molar refractivity (Wildman–Crippen MR) is 204 cm³/mol. The molecule has 1 aliphatic heterocycles. The highest BCUT2D eigenvalue weighted by Crippen LogP contribution is 2.40. The third kappa shape index (κ3) is 9.45. The molecule has 1 aromatic heterocycles. The highest BCUT2D eigenvalue weighted by Gasteiger charge is 2.32. The average molecular weight is 710 g/mol. The van der Waals surface area contributed by atoms with Crippen LogP contribution in [-0.4, -0.2) is 28.0 Å². The highest BCUT2D eigenvalue weighted by atomic mass is 32.2. The standard InChI is InChI=1S/C43H39N3O5S/c47-28-30-15-17-32(18-16-30)40-26-39(29-52-41-14-4-5-23-44-41)50-42(51-40)35-11-7-10-34(25-35)33-9-6-8-31(24-33)27-45-43(48)46-36-19-21-38(22-20-36)49-37-12-2-1-3-13-37/h1-25,39-40,42,47H,26-29H2,(H2,45,46,48)/t39-,40+,42+/m0/s1. The van der Waals surface area contributed by atoms with Crippen molar-refractivity contribution in [2.24, 2.45) is 0 Å². The summed E-state index contributed by atoms with van der Waals surface area (Å²) in [5.41, 5.74) is 6.50. The minimum absolute atomic E-state index is 0.00137. The van der Waals surface area contributed by atoms with Gasteiger partial charge in [0.25, 0.3) is 0 Å². The van der Waals surface area contributed by atoms with Gasteiger partial charge < -0.3 is 30.0 Å². The van der Waals surface area contributed by atoms with E-state index in [1.807, 2.05) is 121 Å². The molecule has 52 heavy (non-hydrogen) atoms. The molecular formula is C43H39N3O5S. The Bertz CT molecular complexity index is 2050. The molecule has 0 spiro atoms. The van der Waals surface area contributed by atoms with Gasteiger partial charge in [0.2, 0.25) is 0 Å². The van der Waals surface area contributed by atoms with Crippen molar-refractivity contribution in [3.8, 4) is 22.6 Å². The van der Waals surface area contributed by atoms with Gasteiger partial charge in [0.05, 0.1) is 23.8 Å². The summed E-state index contributed by atoms with van der Waals surface area (Å²) in [7, 11) is 0. The van der Waals surface area contributed by atoms with Crippen LogP contribution in [-0.2, 0) is 22.6 Å². The first-order valence-corrected chi connectivity index (χ1v) is 18.2. The van der Waals surface area contributed by atoms with Crippen molar-refractivity contribution >= 4 is 23.5 Å². The molecule has 0 saturated carbocycles. The lowest BCUT2D eigenvalue weighted by molar-refractivity contribution is -0.245. The maximum Gasteiger partial charge on any atom is 0.319 e. The van der Waals surface area contributed by atoms with E-state index in [1.54, 1.807) is 18.0 Å². The lowest BCUT2D eigenvalue weighted by Gasteiger charge is -2.36. The number of para-hydroxylation sites is 1. The van der Waals surface area contributed by atoms with E-state index >= 15 is 0 Å². The third-order valence-corrected chi connectivity index (χ3v) is 9.71. The molecule has 1 saturated heterocycles. The fraction of sp³-hybridized carbons (Fsp3) is 0.163. The Morgan fingerprint density at radius 2 is 1.50 bits per heavy atom. The topological polar surface area (TPSA) is 102 Å². The maximum atomic E-state index is 12.8. The van der Waals surface area contributed by atoms with Crippen LogP contribution >= 0.6 is 11.8 Å². The van der Waals surface area contributed by atoms with Gasteiger partial charge in [-0.25, -0.2) is 9.78 Å². The van der Waals surface area contributed by atoms with E-state index < -0.39 is 6.29 Å². The normalized spacial score (nSPS) is 16.9. The quantitative estimate of drug-likeness (QED) is 0.109. The molecule has 7 rings (SSSR count). The summed E-state index contributed by atoms with van der Waals surface area (Å²) in [6.45, 7) is 0.356. The van der Waals surface area contributed by atoms with E-state index in [0.29, 0.717) is 24.4 Å². The van der Waals surface area contributed by atoms with Gasteiger partial charge in [-0.1, -0.05) is 84.9 Å². The highest BCUT2D eigenvalue weighted by molar-refractivity contribution is 7.99. The molecule has 262 valence electrons. The Kier molecular flexibility index (Phi) is 11.6. The van der Waals surface area contributed by atoms with Gasteiger partial charge in [0.1, 0.15) is 11.5 Å². The zero-order valence-corrected chi connectivity index (χ0v) is 29.2. The van der Waals surface area contributed by atoms with Crippen LogP contribution in [0.4, 0.5) is 10.5 Å². The van der Waals surface area contributed by atoms with Crippen LogP contribution in [0, 0.1) is 0 Å². The zero-order chi connectivity index (χ0) is 35.5. The van der Waals surface area contributed by atoms with Crippen molar-refractivity contribution in [3.63, 3.8) is 0 Å². The number of nitrogens with one attached hydrogen (secondary N) is 2. The number of hydrogen-bond donors (Lipinski definition) is 3. The van der Waals surface area contributed by atoms with Crippen molar-refractivity contribution in [2.45, 2.75) is 43.1 Å².